The maximum Gasteiger partial charge on any atom is 0.281 e. The first-order valence-electron chi connectivity index (χ1n) is 11.2. The lowest BCUT2D eigenvalue weighted by Crippen LogP contribution is -2.52. The Labute approximate surface area is 206 Å². The molecule has 2 aromatic carbocycles. The first kappa shape index (κ1) is 24.7. The highest BCUT2D eigenvalue weighted by atomic mass is 32.2. The summed E-state index contributed by atoms with van der Waals surface area (Å²) in [5.41, 5.74) is 10.4. The van der Waals surface area contributed by atoms with Crippen molar-refractivity contribution in [2.75, 3.05) is 12.8 Å². The molecule has 0 saturated heterocycles. The van der Waals surface area contributed by atoms with Crippen LogP contribution in [0.15, 0.2) is 53.6 Å². The molecule has 1 atom stereocenters. The maximum atomic E-state index is 13.8. The summed E-state index contributed by atoms with van der Waals surface area (Å²) in [5.74, 6) is -0.113. The summed E-state index contributed by atoms with van der Waals surface area (Å²) in [7, 11) is -2.72. The number of benzene rings is 2. The van der Waals surface area contributed by atoms with Gasteiger partial charge in [-0.25, -0.2) is 9.71 Å². The zero-order valence-electron chi connectivity index (χ0n) is 20.5. The van der Waals surface area contributed by atoms with Gasteiger partial charge in [0.1, 0.15) is 17.1 Å². The van der Waals surface area contributed by atoms with Crippen LogP contribution in [0, 0.1) is 20.8 Å². The zero-order valence-corrected chi connectivity index (χ0v) is 21.4. The van der Waals surface area contributed by atoms with Gasteiger partial charge < -0.3 is 10.5 Å². The number of aromatic nitrogens is 1. The van der Waals surface area contributed by atoms with Crippen LogP contribution in [0.25, 0.3) is 0 Å². The molecule has 3 N–H and O–H groups in total. The Morgan fingerprint density at radius 3 is 2.43 bits per heavy atom. The molecular weight excluding hydrogens is 464 g/mol. The minimum absolute atomic E-state index is 0.0476. The van der Waals surface area contributed by atoms with E-state index in [0.29, 0.717) is 24.4 Å². The van der Waals surface area contributed by atoms with Crippen molar-refractivity contribution in [2.24, 2.45) is 0 Å². The number of nitrogen functional groups attached to an aromatic ring is 1. The molecule has 0 radical (unpaired) electrons. The van der Waals surface area contributed by atoms with Crippen molar-refractivity contribution < 1.29 is 17.9 Å². The second-order valence-corrected chi connectivity index (χ2v) is 10.8. The number of aryl methyl sites for hydroxylation is 3. The number of sulfonamides is 1. The molecule has 0 bridgehead atoms. The van der Waals surface area contributed by atoms with Crippen LogP contribution in [0.1, 0.15) is 40.3 Å². The van der Waals surface area contributed by atoms with E-state index in [1.54, 1.807) is 13.0 Å². The largest absolute Gasteiger partial charge is 0.496 e. The molecular formula is C26H30N4O4S. The predicted octanol–water partition coefficient (Wildman–Crippen LogP) is 3.33. The Kier molecular flexibility index (Phi) is 6.33. The summed E-state index contributed by atoms with van der Waals surface area (Å²) in [6.07, 6.45) is 0. The van der Waals surface area contributed by atoms with E-state index < -0.39 is 21.5 Å². The minimum Gasteiger partial charge on any atom is -0.496 e. The van der Waals surface area contributed by atoms with Gasteiger partial charge in [-0.2, -0.15) is 8.42 Å². The summed E-state index contributed by atoms with van der Waals surface area (Å²) in [5, 5.41) is -0.315. The highest BCUT2D eigenvalue weighted by Gasteiger charge is 2.50. The molecule has 0 spiro atoms. The molecule has 184 valence electrons. The smallest absolute Gasteiger partial charge is 0.281 e. The number of hydrogen-bond acceptors (Lipinski definition) is 7. The van der Waals surface area contributed by atoms with Gasteiger partial charge in [0.15, 0.2) is 5.03 Å². The molecule has 35 heavy (non-hydrogen) atoms. The van der Waals surface area contributed by atoms with Crippen molar-refractivity contribution in [2.45, 2.75) is 51.3 Å². The van der Waals surface area contributed by atoms with Crippen LogP contribution < -0.4 is 15.2 Å². The molecule has 0 aliphatic carbocycles. The van der Waals surface area contributed by atoms with Gasteiger partial charge in [-0.15, -0.1) is 0 Å². The third-order valence-corrected chi connectivity index (χ3v) is 7.92. The van der Waals surface area contributed by atoms with Crippen molar-refractivity contribution in [3.05, 3.63) is 81.9 Å². The third kappa shape index (κ3) is 4.37. The molecule has 0 fully saturated rings. The quantitative estimate of drug-likeness (QED) is 0.540. The number of carbonyl (C=O) groups is 1. The number of nitrogens with two attached hydrogens (primary N) is 1. The topological polar surface area (TPSA) is 115 Å². The molecule has 9 heteroatoms. The molecule has 3 aromatic rings. The molecule has 1 amide bonds. The predicted molar refractivity (Wildman–Crippen MR) is 134 cm³/mol. The van der Waals surface area contributed by atoms with E-state index in [0.717, 1.165) is 27.8 Å². The first-order valence-corrected chi connectivity index (χ1v) is 12.7. The molecule has 0 saturated carbocycles. The summed E-state index contributed by atoms with van der Waals surface area (Å²) < 4.78 is 34.0. The number of nitrogens with one attached hydrogen (secondary N) is 1. The zero-order chi connectivity index (χ0) is 25.5. The van der Waals surface area contributed by atoms with Gasteiger partial charge in [0.2, 0.25) is 0 Å². The van der Waals surface area contributed by atoms with Gasteiger partial charge in [0.25, 0.3) is 15.9 Å². The number of nitrogens with zero attached hydrogens (tertiary/aromatic N) is 2. The molecule has 1 unspecified atom stereocenters. The molecule has 1 aromatic heterocycles. The van der Waals surface area contributed by atoms with Crippen molar-refractivity contribution in [1.82, 2.24) is 14.6 Å². The second kappa shape index (κ2) is 8.98. The average molecular weight is 495 g/mol. The summed E-state index contributed by atoms with van der Waals surface area (Å²) in [4.78, 5) is 19.7. The standard InChI is InChI=1S/C26H30N4O4S/c1-16-12-17(2)20(18(3)13-16)15-30-14-19-8-6-9-21(34-5)24(19)26(30,4)25(31)29-35(32,33)23-11-7-10-22(27)28-23/h6-13H,14-15H2,1-5H3,(H2,27,28)(H,29,31). The van der Waals surface area contributed by atoms with Gasteiger partial charge in [-0.05, 0) is 68.1 Å². The summed E-state index contributed by atoms with van der Waals surface area (Å²) >= 11 is 0. The highest BCUT2D eigenvalue weighted by Crippen LogP contribution is 2.45. The lowest BCUT2D eigenvalue weighted by molar-refractivity contribution is -0.131. The van der Waals surface area contributed by atoms with Crippen LogP contribution in [-0.2, 0) is 33.4 Å². The number of methoxy groups -OCH3 is 1. The van der Waals surface area contributed by atoms with E-state index in [9.17, 15) is 13.2 Å². The van der Waals surface area contributed by atoms with Gasteiger partial charge in [-0.3, -0.25) is 9.69 Å². The molecule has 1 aliphatic heterocycles. The lowest BCUT2D eigenvalue weighted by Gasteiger charge is -2.35. The number of anilines is 1. The van der Waals surface area contributed by atoms with Gasteiger partial charge in [0.05, 0.1) is 7.11 Å². The van der Waals surface area contributed by atoms with Crippen LogP contribution in [0.3, 0.4) is 0 Å². The van der Waals surface area contributed by atoms with Gasteiger partial charge in [-0.1, -0.05) is 35.9 Å². The summed E-state index contributed by atoms with van der Waals surface area (Å²) in [6.45, 7) is 8.79. The third-order valence-electron chi connectivity index (χ3n) is 6.69. The average Bonchev–Trinajstić information content (AvgIpc) is 3.09. The maximum absolute atomic E-state index is 13.8. The van der Waals surface area contributed by atoms with Gasteiger partial charge >= 0.3 is 0 Å². The number of ether oxygens (including phenoxy) is 1. The normalized spacial score (nSPS) is 17.7. The number of carbonyl (C=O) groups excluding carboxylic acids is 1. The van der Waals surface area contributed by atoms with Crippen molar-refractivity contribution in [3.63, 3.8) is 0 Å². The number of fused-ring (bicyclic) bond motifs is 1. The van der Waals surface area contributed by atoms with E-state index in [2.05, 4.69) is 21.8 Å². The van der Waals surface area contributed by atoms with Crippen LogP contribution >= 0.6 is 0 Å². The Morgan fingerprint density at radius 1 is 1.14 bits per heavy atom. The highest BCUT2D eigenvalue weighted by molar-refractivity contribution is 7.90. The number of hydrogen-bond donors (Lipinski definition) is 2. The van der Waals surface area contributed by atoms with Crippen molar-refractivity contribution >= 4 is 21.7 Å². The molecule has 2 heterocycles. The molecule has 8 nitrogen and oxygen atoms in total. The first-order chi connectivity index (χ1) is 16.5. The Bertz CT molecular complexity index is 1400. The monoisotopic (exact) mass is 494 g/mol. The second-order valence-electron chi connectivity index (χ2n) is 9.14. The van der Waals surface area contributed by atoms with Crippen molar-refractivity contribution in [1.29, 1.82) is 0 Å². The van der Waals surface area contributed by atoms with Gasteiger partial charge in [0, 0.05) is 18.7 Å². The number of rotatable bonds is 6. The molecule has 1 aliphatic rings. The summed E-state index contributed by atoms with van der Waals surface area (Å²) in [6, 6.07) is 14.1. The lowest BCUT2D eigenvalue weighted by atomic mass is 9.89. The Hall–Kier alpha value is -3.43. The van der Waals surface area contributed by atoms with Crippen LogP contribution in [0.5, 0.6) is 5.75 Å². The minimum atomic E-state index is -4.26. The van der Waals surface area contributed by atoms with Crippen LogP contribution in [0.2, 0.25) is 0 Å². The fraction of sp³-hybridized carbons (Fsp3) is 0.308. The molecule has 4 rings (SSSR count). The van der Waals surface area contributed by atoms with E-state index in [1.165, 1.54) is 25.3 Å². The SMILES string of the molecule is COc1cccc2c1C(C)(C(=O)NS(=O)(=O)c1cccc(N)n1)N(Cc1c(C)cc(C)cc1C)C2. The number of amides is 1. The fourth-order valence-electron chi connectivity index (χ4n) is 4.93. The fourth-order valence-corrected chi connectivity index (χ4v) is 5.96. The van der Waals surface area contributed by atoms with E-state index in [-0.39, 0.29) is 10.8 Å². The number of pyridine rings is 1. The van der Waals surface area contributed by atoms with Crippen LogP contribution in [0.4, 0.5) is 5.82 Å². The Balaban J connectivity index is 1.79. The van der Waals surface area contributed by atoms with E-state index in [4.69, 9.17) is 10.5 Å². The van der Waals surface area contributed by atoms with Crippen LogP contribution in [-0.4, -0.2) is 31.3 Å². The Morgan fingerprint density at radius 2 is 1.80 bits per heavy atom. The van der Waals surface area contributed by atoms with E-state index in [1.807, 2.05) is 37.8 Å². The van der Waals surface area contributed by atoms with Crippen molar-refractivity contribution in [3.8, 4) is 5.75 Å². The van der Waals surface area contributed by atoms with E-state index >= 15 is 0 Å².